The summed E-state index contributed by atoms with van der Waals surface area (Å²) in [5.41, 5.74) is 7.59. The van der Waals surface area contributed by atoms with Gasteiger partial charge in [-0.2, -0.15) is 0 Å². The normalized spacial score (nSPS) is 10.3. The van der Waals surface area contributed by atoms with E-state index in [-0.39, 0.29) is 0 Å². The van der Waals surface area contributed by atoms with Crippen molar-refractivity contribution in [2.24, 2.45) is 5.73 Å². The molecular weight excluding hydrogens is 226 g/mol. The van der Waals surface area contributed by atoms with Crippen LogP contribution >= 0.6 is 0 Å². The highest BCUT2D eigenvalue weighted by Crippen LogP contribution is 2.14. The molecule has 0 saturated heterocycles. The van der Waals surface area contributed by atoms with Gasteiger partial charge in [0.2, 0.25) is 0 Å². The molecule has 2 rings (SSSR count). The lowest BCUT2D eigenvalue weighted by atomic mass is 10.1. The highest BCUT2D eigenvalue weighted by molar-refractivity contribution is 5.27. The van der Waals surface area contributed by atoms with Crippen LogP contribution in [0.25, 0.3) is 0 Å². The summed E-state index contributed by atoms with van der Waals surface area (Å²) in [5, 5.41) is 0. The molecule has 4 nitrogen and oxygen atoms in total. The van der Waals surface area contributed by atoms with Crippen LogP contribution in [-0.4, -0.2) is 16.5 Å². The summed E-state index contributed by atoms with van der Waals surface area (Å²) in [6.07, 6.45) is 7.04. The fraction of sp³-hybridized carbons (Fsp3) is 0.286. The quantitative estimate of drug-likeness (QED) is 0.842. The third-order valence-electron chi connectivity index (χ3n) is 2.60. The molecule has 0 amide bonds. The van der Waals surface area contributed by atoms with Gasteiger partial charge in [-0.15, -0.1) is 0 Å². The highest BCUT2D eigenvalue weighted by Gasteiger charge is 1.98. The number of rotatable bonds is 6. The number of hydrogen-bond acceptors (Lipinski definition) is 4. The van der Waals surface area contributed by atoms with Crippen LogP contribution in [0.1, 0.15) is 17.7 Å². The third-order valence-corrected chi connectivity index (χ3v) is 2.60. The number of nitrogens with two attached hydrogens (primary N) is 1. The number of aromatic nitrogens is 2. The van der Waals surface area contributed by atoms with Crippen molar-refractivity contribution in [3.05, 3.63) is 54.1 Å². The SMILES string of the molecule is NCCCc1ccc(OCc2cnccn2)cc1. The second kappa shape index (κ2) is 6.71. The molecule has 0 bridgehead atoms. The van der Waals surface area contributed by atoms with Crippen molar-refractivity contribution >= 4 is 0 Å². The van der Waals surface area contributed by atoms with E-state index >= 15 is 0 Å². The number of aryl methyl sites for hydroxylation is 1. The van der Waals surface area contributed by atoms with Crippen LogP contribution in [0.5, 0.6) is 5.75 Å². The standard InChI is InChI=1S/C14H17N3O/c15-7-1-2-12-3-5-14(6-4-12)18-11-13-10-16-8-9-17-13/h3-6,8-10H,1-2,7,11,15H2. The number of hydrogen-bond donors (Lipinski definition) is 1. The van der Waals surface area contributed by atoms with Crippen molar-refractivity contribution < 1.29 is 4.74 Å². The Morgan fingerprint density at radius 1 is 1.11 bits per heavy atom. The average molecular weight is 243 g/mol. The van der Waals surface area contributed by atoms with Gasteiger partial charge < -0.3 is 10.5 Å². The fourth-order valence-corrected chi connectivity index (χ4v) is 1.62. The molecular formula is C14H17N3O. The first-order chi connectivity index (χ1) is 8.88. The largest absolute Gasteiger partial charge is 0.487 e. The minimum absolute atomic E-state index is 0.440. The molecule has 0 spiro atoms. The Hall–Kier alpha value is -1.94. The van der Waals surface area contributed by atoms with Crippen molar-refractivity contribution in [1.29, 1.82) is 0 Å². The van der Waals surface area contributed by atoms with Gasteiger partial charge in [0.1, 0.15) is 12.4 Å². The molecule has 0 aliphatic heterocycles. The summed E-state index contributed by atoms with van der Waals surface area (Å²) in [6, 6.07) is 8.09. The predicted octanol–water partition coefficient (Wildman–Crippen LogP) is 1.95. The van der Waals surface area contributed by atoms with Crippen LogP contribution in [0, 0.1) is 0 Å². The van der Waals surface area contributed by atoms with Gasteiger partial charge in [0.05, 0.1) is 11.9 Å². The lowest BCUT2D eigenvalue weighted by Crippen LogP contribution is -2.00. The van der Waals surface area contributed by atoms with E-state index in [4.69, 9.17) is 10.5 Å². The summed E-state index contributed by atoms with van der Waals surface area (Å²) in [6.45, 7) is 1.17. The van der Waals surface area contributed by atoms with E-state index in [1.165, 1.54) is 5.56 Å². The van der Waals surface area contributed by atoms with Gasteiger partial charge in [-0.25, -0.2) is 0 Å². The van der Waals surface area contributed by atoms with Crippen molar-refractivity contribution in [2.75, 3.05) is 6.54 Å². The molecule has 2 N–H and O–H groups in total. The van der Waals surface area contributed by atoms with E-state index in [9.17, 15) is 0 Å². The first-order valence-corrected chi connectivity index (χ1v) is 6.05. The van der Waals surface area contributed by atoms with E-state index in [0.29, 0.717) is 6.61 Å². The zero-order valence-corrected chi connectivity index (χ0v) is 10.2. The van der Waals surface area contributed by atoms with E-state index in [1.54, 1.807) is 18.6 Å². The van der Waals surface area contributed by atoms with Crippen molar-refractivity contribution in [1.82, 2.24) is 9.97 Å². The first-order valence-electron chi connectivity index (χ1n) is 6.05. The van der Waals surface area contributed by atoms with E-state index in [2.05, 4.69) is 22.1 Å². The van der Waals surface area contributed by atoms with Gasteiger partial charge in [0.15, 0.2) is 0 Å². The van der Waals surface area contributed by atoms with Crippen LogP contribution in [0.3, 0.4) is 0 Å². The average Bonchev–Trinajstić information content (AvgIpc) is 2.45. The zero-order valence-electron chi connectivity index (χ0n) is 10.2. The second-order valence-corrected chi connectivity index (χ2v) is 4.02. The number of nitrogens with zero attached hydrogens (tertiary/aromatic N) is 2. The Kier molecular flexibility index (Phi) is 4.67. The highest BCUT2D eigenvalue weighted by atomic mass is 16.5. The number of benzene rings is 1. The molecule has 0 saturated carbocycles. The van der Waals surface area contributed by atoms with Gasteiger partial charge in [0.25, 0.3) is 0 Å². The smallest absolute Gasteiger partial charge is 0.132 e. The van der Waals surface area contributed by atoms with Crippen molar-refractivity contribution in [3.63, 3.8) is 0 Å². The molecule has 0 aliphatic carbocycles. The minimum atomic E-state index is 0.440. The van der Waals surface area contributed by atoms with Gasteiger partial charge >= 0.3 is 0 Å². The zero-order chi connectivity index (χ0) is 12.6. The van der Waals surface area contributed by atoms with Crippen LogP contribution in [0.15, 0.2) is 42.9 Å². The molecule has 1 aromatic heterocycles. The van der Waals surface area contributed by atoms with Crippen molar-refractivity contribution in [3.8, 4) is 5.75 Å². The van der Waals surface area contributed by atoms with E-state index in [1.807, 2.05) is 12.1 Å². The lowest BCUT2D eigenvalue weighted by molar-refractivity contribution is 0.300. The molecule has 94 valence electrons. The molecule has 2 aromatic rings. The van der Waals surface area contributed by atoms with E-state index in [0.717, 1.165) is 30.8 Å². The molecule has 0 aliphatic rings. The summed E-state index contributed by atoms with van der Waals surface area (Å²) in [5.74, 6) is 0.845. The summed E-state index contributed by atoms with van der Waals surface area (Å²) in [7, 11) is 0. The lowest BCUT2D eigenvalue weighted by Gasteiger charge is -2.06. The Bertz CT molecular complexity index is 456. The van der Waals surface area contributed by atoms with Crippen LogP contribution in [0.4, 0.5) is 0 Å². The third kappa shape index (κ3) is 3.82. The fourth-order valence-electron chi connectivity index (χ4n) is 1.62. The van der Waals surface area contributed by atoms with Gasteiger partial charge in [0, 0.05) is 12.4 Å². The van der Waals surface area contributed by atoms with Gasteiger partial charge in [-0.3, -0.25) is 9.97 Å². The summed E-state index contributed by atoms with van der Waals surface area (Å²) in [4.78, 5) is 8.14. The Morgan fingerprint density at radius 2 is 1.94 bits per heavy atom. The first kappa shape index (κ1) is 12.5. The minimum Gasteiger partial charge on any atom is -0.487 e. The topological polar surface area (TPSA) is 61.0 Å². The van der Waals surface area contributed by atoms with Crippen LogP contribution in [-0.2, 0) is 13.0 Å². The Balaban J connectivity index is 1.86. The van der Waals surface area contributed by atoms with Gasteiger partial charge in [-0.1, -0.05) is 12.1 Å². The maximum Gasteiger partial charge on any atom is 0.132 e. The van der Waals surface area contributed by atoms with Crippen molar-refractivity contribution in [2.45, 2.75) is 19.4 Å². The predicted molar refractivity (Wildman–Crippen MR) is 70.2 cm³/mol. The van der Waals surface area contributed by atoms with Gasteiger partial charge in [-0.05, 0) is 37.1 Å². The maximum atomic E-state index is 5.62. The molecule has 0 radical (unpaired) electrons. The molecule has 4 heteroatoms. The molecule has 1 aromatic carbocycles. The summed E-state index contributed by atoms with van der Waals surface area (Å²) < 4.78 is 5.62. The molecule has 0 fully saturated rings. The molecule has 18 heavy (non-hydrogen) atoms. The van der Waals surface area contributed by atoms with Crippen LogP contribution < -0.4 is 10.5 Å². The Labute approximate surface area is 107 Å². The number of ether oxygens (including phenoxy) is 1. The van der Waals surface area contributed by atoms with E-state index < -0.39 is 0 Å². The molecule has 0 atom stereocenters. The monoisotopic (exact) mass is 243 g/mol. The second-order valence-electron chi connectivity index (χ2n) is 4.02. The maximum absolute atomic E-state index is 5.62. The Morgan fingerprint density at radius 3 is 2.61 bits per heavy atom. The molecule has 1 heterocycles. The molecule has 0 unspecified atom stereocenters. The van der Waals surface area contributed by atoms with Crippen LogP contribution in [0.2, 0.25) is 0 Å². The summed E-state index contributed by atoms with van der Waals surface area (Å²) >= 11 is 0.